The molecule has 140 valence electrons. The Bertz CT molecular complexity index is 741. The van der Waals surface area contributed by atoms with E-state index in [2.05, 4.69) is 20.9 Å². The average molecular weight is 507 g/mol. The first-order valence-electron chi connectivity index (χ1n) is 7.82. The number of aliphatic imine (C=N–C) groups is 1. The third-order valence-electron chi connectivity index (χ3n) is 3.41. The number of benzene rings is 2. The Morgan fingerprint density at radius 3 is 2.31 bits per heavy atom. The molecule has 0 unspecified atom stereocenters. The third-order valence-corrected chi connectivity index (χ3v) is 4.15. The molecule has 2 rings (SSSR count). The van der Waals surface area contributed by atoms with E-state index in [4.69, 9.17) is 23.2 Å². The van der Waals surface area contributed by atoms with E-state index < -0.39 is 0 Å². The fourth-order valence-corrected chi connectivity index (χ4v) is 2.40. The van der Waals surface area contributed by atoms with E-state index in [1.165, 1.54) is 5.56 Å². The largest absolute Gasteiger partial charge is 0.355 e. The molecule has 0 saturated heterocycles. The summed E-state index contributed by atoms with van der Waals surface area (Å²) >= 11 is 11.8. The number of rotatable bonds is 6. The maximum Gasteiger partial charge on any atom is 0.251 e. The highest BCUT2D eigenvalue weighted by atomic mass is 127. The van der Waals surface area contributed by atoms with Gasteiger partial charge in [0.05, 0.1) is 10.0 Å². The first-order valence-corrected chi connectivity index (χ1v) is 8.57. The van der Waals surface area contributed by atoms with Crippen LogP contribution in [0.3, 0.4) is 0 Å². The molecule has 0 aliphatic rings. The summed E-state index contributed by atoms with van der Waals surface area (Å²) in [6.07, 6.45) is 0. The van der Waals surface area contributed by atoms with Crippen molar-refractivity contribution in [1.29, 1.82) is 0 Å². The summed E-state index contributed by atoms with van der Waals surface area (Å²) in [7, 11) is 1.70. The Balaban J connectivity index is 0.00000338. The molecule has 8 heteroatoms. The molecule has 0 saturated carbocycles. The topological polar surface area (TPSA) is 65.5 Å². The number of guanidine groups is 1. The van der Waals surface area contributed by atoms with Gasteiger partial charge in [-0.15, -0.1) is 24.0 Å². The van der Waals surface area contributed by atoms with Crippen LogP contribution in [0.4, 0.5) is 0 Å². The fourth-order valence-electron chi connectivity index (χ4n) is 2.10. The number of halogens is 3. The van der Waals surface area contributed by atoms with Crippen LogP contribution in [0.1, 0.15) is 15.9 Å². The lowest BCUT2D eigenvalue weighted by Crippen LogP contribution is -2.41. The van der Waals surface area contributed by atoms with Gasteiger partial charge in [-0.3, -0.25) is 9.79 Å². The van der Waals surface area contributed by atoms with E-state index in [1.807, 2.05) is 30.3 Å². The smallest absolute Gasteiger partial charge is 0.251 e. The number of nitrogens with one attached hydrogen (secondary N) is 3. The summed E-state index contributed by atoms with van der Waals surface area (Å²) in [6.45, 7) is 1.67. The van der Waals surface area contributed by atoms with Crippen molar-refractivity contribution in [3.8, 4) is 0 Å². The standard InChI is InChI=1S/C18H20Cl2N4O.HI/c1-21-18(24-12-13-5-3-2-4-6-13)23-10-9-22-17(25)14-7-8-15(19)16(20)11-14;/h2-8,11H,9-10,12H2,1H3,(H,22,25)(H2,21,23,24);1H. The molecule has 0 spiro atoms. The van der Waals surface area contributed by atoms with Crippen LogP contribution in [0.25, 0.3) is 0 Å². The summed E-state index contributed by atoms with van der Waals surface area (Å²) in [6, 6.07) is 14.8. The highest BCUT2D eigenvalue weighted by Crippen LogP contribution is 2.22. The molecular weight excluding hydrogens is 486 g/mol. The second-order valence-electron chi connectivity index (χ2n) is 5.22. The van der Waals surface area contributed by atoms with Gasteiger partial charge in [0.2, 0.25) is 0 Å². The van der Waals surface area contributed by atoms with Crippen LogP contribution in [0, 0.1) is 0 Å². The predicted molar refractivity (Wildman–Crippen MR) is 119 cm³/mol. The number of hydrogen-bond acceptors (Lipinski definition) is 2. The van der Waals surface area contributed by atoms with Crippen molar-refractivity contribution >= 4 is 59.0 Å². The van der Waals surface area contributed by atoms with Gasteiger partial charge in [-0.2, -0.15) is 0 Å². The first-order chi connectivity index (χ1) is 12.1. The number of carbonyl (C=O) groups excluding carboxylic acids is 1. The highest BCUT2D eigenvalue weighted by molar-refractivity contribution is 14.0. The second-order valence-corrected chi connectivity index (χ2v) is 6.04. The lowest BCUT2D eigenvalue weighted by molar-refractivity contribution is 0.0954. The van der Waals surface area contributed by atoms with Gasteiger partial charge in [-0.05, 0) is 23.8 Å². The maximum absolute atomic E-state index is 12.0. The molecule has 2 aromatic rings. The Hall–Kier alpha value is -1.51. The molecule has 1 amide bonds. The van der Waals surface area contributed by atoms with E-state index in [0.29, 0.717) is 41.2 Å². The van der Waals surface area contributed by atoms with Crippen molar-refractivity contribution in [2.24, 2.45) is 4.99 Å². The maximum atomic E-state index is 12.0. The summed E-state index contributed by atoms with van der Waals surface area (Å²) in [4.78, 5) is 16.2. The molecule has 0 bridgehead atoms. The Morgan fingerprint density at radius 1 is 0.962 bits per heavy atom. The van der Waals surface area contributed by atoms with Gasteiger partial charge in [-0.1, -0.05) is 53.5 Å². The van der Waals surface area contributed by atoms with E-state index in [-0.39, 0.29) is 29.9 Å². The zero-order valence-electron chi connectivity index (χ0n) is 14.3. The molecule has 0 atom stereocenters. The van der Waals surface area contributed by atoms with Gasteiger partial charge in [0.1, 0.15) is 0 Å². The molecule has 0 aliphatic carbocycles. The highest BCUT2D eigenvalue weighted by Gasteiger charge is 2.07. The van der Waals surface area contributed by atoms with E-state index in [9.17, 15) is 4.79 Å². The van der Waals surface area contributed by atoms with Gasteiger partial charge in [0, 0.05) is 32.2 Å². The van der Waals surface area contributed by atoms with Crippen LogP contribution in [0.5, 0.6) is 0 Å². The van der Waals surface area contributed by atoms with Gasteiger partial charge in [-0.25, -0.2) is 0 Å². The lowest BCUT2D eigenvalue weighted by atomic mass is 10.2. The van der Waals surface area contributed by atoms with E-state index in [1.54, 1.807) is 25.2 Å². The minimum atomic E-state index is -0.201. The Kier molecular flexibility index (Phi) is 10.4. The van der Waals surface area contributed by atoms with Crippen LogP contribution >= 0.6 is 47.2 Å². The van der Waals surface area contributed by atoms with Crippen LogP contribution in [0.15, 0.2) is 53.5 Å². The Morgan fingerprint density at radius 2 is 1.65 bits per heavy atom. The van der Waals surface area contributed by atoms with Crippen LogP contribution < -0.4 is 16.0 Å². The normalized spacial score (nSPS) is 10.7. The summed E-state index contributed by atoms with van der Waals surface area (Å²) in [5.41, 5.74) is 1.64. The van der Waals surface area contributed by atoms with Crippen molar-refractivity contribution in [1.82, 2.24) is 16.0 Å². The molecule has 0 aromatic heterocycles. The fraction of sp³-hybridized carbons (Fsp3) is 0.222. The molecule has 0 heterocycles. The minimum absolute atomic E-state index is 0. The minimum Gasteiger partial charge on any atom is -0.355 e. The third kappa shape index (κ3) is 7.39. The quantitative estimate of drug-likeness (QED) is 0.242. The number of hydrogen-bond donors (Lipinski definition) is 3. The first kappa shape index (κ1) is 22.5. The van der Waals surface area contributed by atoms with Gasteiger partial charge in [0.15, 0.2) is 5.96 Å². The molecule has 5 nitrogen and oxygen atoms in total. The molecule has 0 fully saturated rings. The molecule has 0 radical (unpaired) electrons. The Labute approximate surface area is 180 Å². The molecule has 3 N–H and O–H groups in total. The lowest BCUT2D eigenvalue weighted by Gasteiger charge is -2.12. The summed E-state index contributed by atoms with van der Waals surface area (Å²) < 4.78 is 0. The zero-order valence-corrected chi connectivity index (χ0v) is 18.1. The number of amides is 1. The van der Waals surface area contributed by atoms with Gasteiger partial charge in [0.25, 0.3) is 5.91 Å². The van der Waals surface area contributed by atoms with Gasteiger partial charge >= 0.3 is 0 Å². The van der Waals surface area contributed by atoms with E-state index >= 15 is 0 Å². The monoisotopic (exact) mass is 506 g/mol. The van der Waals surface area contributed by atoms with Crippen molar-refractivity contribution in [3.63, 3.8) is 0 Å². The number of carbonyl (C=O) groups is 1. The second kappa shape index (κ2) is 12.0. The SMILES string of the molecule is CN=C(NCCNC(=O)c1ccc(Cl)c(Cl)c1)NCc1ccccc1.I. The predicted octanol–water partition coefficient (Wildman–Crippen LogP) is 3.71. The molecule has 26 heavy (non-hydrogen) atoms. The summed E-state index contributed by atoms with van der Waals surface area (Å²) in [5.74, 6) is 0.472. The molecule has 0 aliphatic heterocycles. The van der Waals surface area contributed by atoms with Gasteiger partial charge < -0.3 is 16.0 Å². The van der Waals surface area contributed by atoms with Crippen molar-refractivity contribution < 1.29 is 4.79 Å². The molecule has 2 aromatic carbocycles. The van der Waals surface area contributed by atoms with E-state index in [0.717, 1.165) is 0 Å². The molecular formula is C18H21Cl2IN4O. The van der Waals surface area contributed by atoms with Crippen LogP contribution in [0.2, 0.25) is 10.0 Å². The van der Waals surface area contributed by atoms with Crippen molar-refractivity contribution in [3.05, 3.63) is 69.7 Å². The van der Waals surface area contributed by atoms with Crippen LogP contribution in [-0.4, -0.2) is 32.0 Å². The summed E-state index contributed by atoms with van der Waals surface area (Å²) in [5, 5.41) is 9.95. The van der Waals surface area contributed by atoms with Crippen molar-refractivity contribution in [2.45, 2.75) is 6.54 Å². The zero-order chi connectivity index (χ0) is 18.1. The van der Waals surface area contributed by atoms with Crippen molar-refractivity contribution in [2.75, 3.05) is 20.1 Å². The number of nitrogens with zero attached hydrogens (tertiary/aromatic N) is 1. The average Bonchev–Trinajstić information content (AvgIpc) is 2.64. The van der Waals surface area contributed by atoms with Crippen LogP contribution in [-0.2, 0) is 6.54 Å².